The van der Waals surface area contributed by atoms with Gasteiger partial charge in [-0.05, 0) is 52.3 Å². The van der Waals surface area contributed by atoms with Crippen LogP contribution in [0.1, 0.15) is 50.5 Å². The minimum Gasteiger partial charge on any atom is -0.357 e. The van der Waals surface area contributed by atoms with Crippen LogP contribution in [0.15, 0.2) is 29.3 Å². The topological polar surface area (TPSA) is 68.8 Å². The fraction of sp³-hybridized carbons (Fsp3) is 0.600. The highest BCUT2D eigenvalue weighted by atomic mass is 127. The van der Waals surface area contributed by atoms with Crippen molar-refractivity contribution < 1.29 is 4.79 Å². The number of hydrogen-bond donors (Lipinski definition) is 3. The molecular formula is C20H36IN5O. The van der Waals surface area contributed by atoms with Crippen LogP contribution in [0.2, 0.25) is 0 Å². The van der Waals surface area contributed by atoms with Gasteiger partial charge in [-0.15, -0.1) is 24.0 Å². The third-order valence-electron chi connectivity index (χ3n) is 4.20. The average Bonchev–Trinajstić information content (AvgIpc) is 2.62. The number of benzene rings is 1. The predicted octanol–water partition coefficient (Wildman–Crippen LogP) is 2.84. The van der Waals surface area contributed by atoms with Gasteiger partial charge in [0.1, 0.15) is 0 Å². The molecule has 0 radical (unpaired) electrons. The first-order chi connectivity index (χ1) is 12.4. The fourth-order valence-electron chi connectivity index (χ4n) is 2.83. The van der Waals surface area contributed by atoms with E-state index in [4.69, 9.17) is 0 Å². The summed E-state index contributed by atoms with van der Waals surface area (Å²) < 4.78 is 0. The molecule has 0 aliphatic carbocycles. The van der Waals surface area contributed by atoms with Crippen molar-refractivity contribution in [3.05, 3.63) is 35.4 Å². The zero-order valence-corrected chi connectivity index (χ0v) is 19.8. The molecular weight excluding hydrogens is 453 g/mol. The Bertz CT molecular complexity index is 564. The summed E-state index contributed by atoms with van der Waals surface area (Å²) in [6.45, 7) is 14.2. The molecule has 0 bridgehead atoms. The van der Waals surface area contributed by atoms with Gasteiger partial charge in [0.25, 0.3) is 5.91 Å². The highest BCUT2D eigenvalue weighted by Gasteiger charge is 2.12. The second kappa shape index (κ2) is 13.8. The minimum absolute atomic E-state index is 0. The molecule has 1 amide bonds. The molecule has 0 unspecified atom stereocenters. The van der Waals surface area contributed by atoms with Crippen LogP contribution in [0.3, 0.4) is 0 Å². The summed E-state index contributed by atoms with van der Waals surface area (Å²) in [5, 5.41) is 9.31. The molecule has 0 atom stereocenters. The van der Waals surface area contributed by atoms with E-state index in [0.29, 0.717) is 24.2 Å². The van der Waals surface area contributed by atoms with Gasteiger partial charge in [0.15, 0.2) is 5.96 Å². The van der Waals surface area contributed by atoms with E-state index in [9.17, 15) is 4.79 Å². The van der Waals surface area contributed by atoms with Crippen LogP contribution in [0, 0.1) is 0 Å². The molecule has 1 aromatic rings. The molecule has 3 N–H and O–H groups in total. The summed E-state index contributed by atoms with van der Waals surface area (Å²) in [4.78, 5) is 18.7. The van der Waals surface area contributed by atoms with Gasteiger partial charge in [-0.1, -0.05) is 12.1 Å². The first-order valence-electron chi connectivity index (χ1n) is 9.48. The summed E-state index contributed by atoms with van der Waals surface area (Å²) >= 11 is 0. The number of halogens is 1. The molecule has 0 spiro atoms. The zero-order valence-electron chi connectivity index (χ0n) is 17.5. The maximum Gasteiger partial charge on any atom is 0.251 e. The van der Waals surface area contributed by atoms with Gasteiger partial charge in [0, 0.05) is 44.3 Å². The van der Waals surface area contributed by atoms with Gasteiger partial charge in [0.05, 0.1) is 6.54 Å². The maximum absolute atomic E-state index is 11.6. The van der Waals surface area contributed by atoms with Gasteiger partial charge < -0.3 is 16.0 Å². The smallest absolute Gasteiger partial charge is 0.251 e. The summed E-state index contributed by atoms with van der Waals surface area (Å²) in [7, 11) is 1.63. The number of carbonyl (C=O) groups excluding carboxylic acids is 1. The number of aliphatic imine (C=N–C) groups is 1. The number of nitrogens with one attached hydrogen (secondary N) is 3. The summed E-state index contributed by atoms with van der Waals surface area (Å²) in [6, 6.07) is 8.58. The highest BCUT2D eigenvalue weighted by molar-refractivity contribution is 14.0. The lowest BCUT2D eigenvalue weighted by Gasteiger charge is -2.30. The molecule has 1 aromatic carbocycles. The lowest BCUT2D eigenvalue weighted by Crippen LogP contribution is -2.45. The monoisotopic (exact) mass is 489 g/mol. The van der Waals surface area contributed by atoms with Crippen molar-refractivity contribution in [3.8, 4) is 0 Å². The largest absolute Gasteiger partial charge is 0.357 e. The normalized spacial score (nSPS) is 11.5. The van der Waals surface area contributed by atoms with Crippen LogP contribution >= 0.6 is 24.0 Å². The number of amides is 1. The van der Waals surface area contributed by atoms with Crippen molar-refractivity contribution in [1.82, 2.24) is 20.9 Å². The van der Waals surface area contributed by atoms with E-state index in [1.807, 2.05) is 24.3 Å². The van der Waals surface area contributed by atoms with Gasteiger partial charge in [-0.25, -0.2) is 4.99 Å². The second-order valence-corrected chi connectivity index (χ2v) is 6.82. The van der Waals surface area contributed by atoms with E-state index >= 15 is 0 Å². The van der Waals surface area contributed by atoms with Gasteiger partial charge in [0.2, 0.25) is 0 Å². The lowest BCUT2D eigenvalue weighted by molar-refractivity contribution is 0.0963. The van der Waals surface area contributed by atoms with Crippen LogP contribution in [-0.4, -0.2) is 55.5 Å². The van der Waals surface area contributed by atoms with E-state index in [2.05, 4.69) is 60.5 Å². The molecule has 1 rings (SSSR count). The molecule has 6 nitrogen and oxygen atoms in total. The van der Waals surface area contributed by atoms with Crippen molar-refractivity contribution in [2.45, 2.75) is 53.2 Å². The van der Waals surface area contributed by atoms with Gasteiger partial charge in [-0.3, -0.25) is 9.69 Å². The average molecular weight is 489 g/mol. The van der Waals surface area contributed by atoms with Crippen molar-refractivity contribution in [2.75, 3.05) is 26.7 Å². The molecule has 0 aliphatic rings. The highest BCUT2D eigenvalue weighted by Crippen LogP contribution is 2.06. The predicted molar refractivity (Wildman–Crippen MR) is 125 cm³/mol. The molecule has 0 aromatic heterocycles. The van der Waals surface area contributed by atoms with E-state index in [1.165, 1.54) is 0 Å². The number of rotatable bonds is 9. The molecule has 0 saturated heterocycles. The quantitative estimate of drug-likeness (QED) is 0.284. The third-order valence-corrected chi connectivity index (χ3v) is 4.20. The number of carbonyl (C=O) groups is 1. The van der Waals surface area contributed by atoms with E-state index in [-0.39, 0.29) is 29.9 Å². The first-order valence-corrected chi connectivity index (χ1v) is 9.48. The van der Waals surface area contributed by atoms with Crippen molar-refractivity contribution in [2.24, 2.45) is 4.99 Å². The molecule has 7 heteroatoms. The summed E-state index contributed by atoms with van der Waals surface area (Å²) in [5.74, 6) is 0.741. The Labute approximate surface area is 181 Å². The lowest BCUT2D eigenvalue weighted by atomic mass is 10.1. The van der Waals surface area contributed by atoms with E-state index in [1.54, 1.807) is 7.05 Å². The summed E-state index contributed by atoms with van der Waals surface area (Å²) in [6.07, 6.45) is 0. The molecule has 0 fully saturated rings. The van der Waals surface area contributed by atoms with Crippen LogP contribution in [-0.2, 0) is 6.54 Å². The number of hydrogen-bond acceptors (Lipinski definition) is 3. The number of guanidine groups is 1. The molecule has 0 aliphatic heterocycles. The van der Waals surface area contributed by atoms with Crippen LogP contribution in [0.4, 0.5) is 0 Å². The van der Waals surface area contributed by atoms with Gasteiger partial charge >= 0.3 is 0 Å². The number of nitrogens with zero attached hydrogens (tertiary/aromatic N) is 2. The Morgan fingerprint density at radius 3 is 2.15 bits per heavy atom. The first kappa shape index (κ1) is 25.6. The molecule has 0 saturated carbocycles. The fourth-order valence-corrected chi connectivity index (χ4v) is 2.83. The van der Waals surface area contributed by atoms with Crippen LogP contribution < -0.4 is 16.0 Å². The second-order valence-electron chi connectivity index (χ2n) is 6.82. The Kier molecular flexibility index (Phi) is 13.1. The summed E-state index contributed by atoms with van der Waals surface area (Å²) in [5.41, 5.74) is 1.73. The molecule has 154 valence electrons. The minimum atomic E-state index is -0.0742. The Balaban J connectivity index is 0.00000676. The Hall–Kier alpha value is -1.35. The van der Waals surface area contributed by atoms with Crippen molar-refractivity contribution in [1.29, 1.82) is 0 Å². The van der Waals surface area contributed by atoms with Crippen molar-refractivity contribution in [3.63, 3.8) is 0 Å². The Morgan fingerprint density at radius 1 is 1.07 bits per heavy atom. The zero-order chi connectivity index (χ0) is 19.5. The van der Waals surface area contributed by atoms with E-state index in [0.717, 1.165) is 31.2 Å². The SMILES string of the molecule is CCNC(=NCc1ccc(C(=O)NC)cc1)NCCN(C(C)C)C(C)C.I. The van der Waals surface area contributed by atoms with Crippen LogP contribution in [0.25, 0.3) is 0 Å². The maximum atomic E-state index is 11.6. The standard InChI is InChI=1S/C20H35N5O.HI/c1-7-22-20(23-12-13-25(15(2)3)16(4)5)24-14-17-8-10-18(11-9-17)19(26)21-6;/h8-11,15-16H,7,12-14H2,1-6H3,(H,21,26)(H2,22,23,24);1H. The van der Waals surface area contributed by atoms with Gasteiger partial charge in [-0.2, -0.15) is 0 Å². The van der Waals surface area contributed by atoms with Crippen LogP contribution in [0.5, 0.6) is 0 Å². The van der Waals surface area contributed by atoms with Crippen molar-refractivity contribution >= 4 is 35.8 Å². The van der Waals surface area contributed by atoms with E-state index < -0.39 is 0 Å². The molecule has 0 heterocycles. The third kappa shape index (κ3) is 9.41. The Morgan fingerprint density at radius 2 is 1.67 bits per heavy atom. The molecule has 27 heavy (non-hydrogen) atoms.